The van der Waals surface area contributed by atoms with Gasteiger partial charge in [-0.3, -0.25) is 9.48 Å². The lowest BCUT2D eigenvalue weighted by atomic mass is 10.2. The summed E-state index contributed by atoms with van der Waals surface area (Å²) in [7, 11) is 1.91. The molecular weight excluding hydrogens is 320 g/mol. The molecule has 1 saturated carbocycles. The summed E-state index contributed by atoms with van der Waals surface area (Å²) in [6.07, 6.45) is 6.25. The van der Waals surface area contributed by atoms with Crippen molar-refractivity contribution in [2.75, 3.05) is 31.1 Å². The van der Waals surface area contributed by atoms with Crippen molar-refractivity contribution in [3.63, 3.8) is 0 Å². The molecule has 0 atom stereocenters. The third-order valence-electron chi connectivity index (χ3n) is 5.01. The zero-order valence-corrected chi connectivity index (χ0v) is 14.6. The lowest BCUT2D eigenvalue weighted by Gasteiger charge is -2.21. The highest BCUT2D eigenvalue weighted by Gasteiger charge is 2.31. The van der Waals surface area contributed by atoms with E-state index in [0.717, 1.165) is 56.9 Å². The SMILES string of the molecule is Cn1nccc1CCC(=O)N1CCCN(c2noc(C3CC3)n2)CC1. The standard InChI is InChI=1S/C17H24N6O2/c1-21-14(7-8-18-21)5-6-15(24)22-9-2-10-23(12-11-22)17-19-16(25-20-17)13-3-4-13/h7-8,13H,2-6,9-12H2,1H3. The Morgan fingerprint density at radius 1 is 1.28 bits per heavy atom. The molecule has 1 saturated heterocycles. The summed E-state index contributed by atoms with van der Waals surface area (Å²) in [5.41, 5.74) is 1.09. The molecule has 25 heavy (non-hydrogen) atoms. The first-order valence-electron chi connectivity index (χ1n) is 9.04. The average molecular weight is 344 g/mol. The molecule has 2 aromatic rings. The number of anilines is 1. The molecule has 0 aromatic carbocycles. The Bertz CT molecular complexity index is 735. The first-order chi connectivity index (χ1) is 12.2. The van der Waals surface area contributed by atoms with Crippen molar-refractivity contribution in [3.05, 3.63) is 23.8 Å². The van der Waals surface area contributed by atoms with E-state index in [0.29, 0.717) is 24.8 Å². The van der Waals surface area contributed by atoms with Crippen molar-refractivity contribution in [2.45, 2.75) is 38.0 Å². The fraction of sp³-hybridized carbons (Fsp3) is 0.647. The Morgan fingerprint density at radius 2 is 2.16 bits per heavy atom. The highest BCUT2D eigenvalue weighted by atomic mass is 16.5. The zero-order chi connectivity index (χ0) is 17.2. The van der Waals surface area contributed by atoms with Crippen LogP contribution in [-0.4, -0.2) is 56.9 Å². The molecule has 0 bridgehead atoms. The molecule has 0 radical (unpaired) electrons. The zero-order valence-electron chi connectivity index (χ0n) is 14.6. The largest absolute Gasteiger partial charge is 0.341 e. The van der Waals surface area contributed by atoms with Crippen LogP contribution in [0.5, 0.6) is 0 Å². The van der Waals surface area contributed by atoms with Gasteiger partial charge in [-0.05, 0) is 36.9 Å². The van der Waals surface area contributed by atoms with Crippen molar-refractivity contribution in [1.82, 2.24) is 24.8 Å². The molecule has 4 rings (SSSR count). The molecular formula is C17H24N6O2. The van der Waals surface area contributed by atoms with E-state index in [4.69, 9.17) is 4.52 Å². The molecule has 2 fully saturated rings. The molecule has 0 N–H and O–H groups in total. The number of amides is 1. The van der Waals surface area contributed by atoms with Crippen LogP contribution < -0.4 is 4.90 Å². The van der Waals surface area contributed by atoms with Gasteiger partial charge in [0.25, 0.3) is 5.95 Å². The smallest absolute Gasteiger partial charge is 0.266 e. The second kappa shape index (κ2) is 6.85. The monoisotopic (exact) mass is 344 g/mol. The van der Waals surface area contributed by atoms with E-state index in [1.54, 1.807) is 6.20 Å². The highest BCUT2D eigenvalue weighted by molar-refractivity contribution is 5.76. The second-order valence-corrected chi connectivity index (χ2v) is 6.87. The third-order valence-corrected chi connectivity index (χ3v) is 5.01. The Kier molecular flexibility index (Phi) is 4.42. The van der Waals surface area contributed by atoms with Crippen LogP contribution in [0.1, 0.15) is 43.2 Å². The topological polar surface area (TPSA) is 80.3 Å². The normalized spacial score (nSPS) is 18.4. The summed E-state index contributed by atoms with van der Waals surface area (Å²) >= 11 is 0. The summed E-state index contributed by atoms with van der Waals surface area (Å²) in [5, 5.41) is 8.27. The molecule has 1 aliphatic heterocycles. The van der Waals surface area contributed by atoms with Crippen LogP contribution >= 0.6 is 0 Å². The Labute approximate surface area is 146 Å². The van der Waals surface area contributed by atoms with Gasteiger partial charge in [0.1, 0.15) is 0 Å². The van der Waals surface area contributed by atoms with Gasteiger partial charge in [0, 0.05) is 57.5 Å². The predicted molar refractivity (Wildman–Crippen MR) is 91.2 cm³/mol. The van der Waals surface area contributed by atoms with E-state index in [9.17, 15) is 4.79 Å². The first kappa shape index (κ1) is 16.1. The molecule has 2 aliphatic rings. The number of aromatic nitrogens is 4. The number of hydrogen-bond acceptors (Lipinski definition) is 6. The lowest BCUT2D eigenvalue weighted by molar-refractivity contribution is -0.130. The van der Waals surface area contributed by atoms with Gasteiger partial charge in [-0.2, -0.15) is 10.1 Å². The van der Waals surface area contributed by atoms with Gasteiger partial charge in [-0.15, -0.1) is 0 Å². The Balaban J connectivity index is 1.31. The second-order valence-electron chi connectivity index (χ2n) is 6.87. The van der Waals surface area contributed by atoms with Crippen molar-refractivity contribution >= 4 is 11.9 Å². The molecule has 8 nitrogen and oxygen atoms in total. The van der Waals surface area contributed by atoms with Crippen LogP contribution in [0.3, 0.4) is 0 Å². The quantitative estimate of drug-likeness (QED) is 0.814. The van der Waals surface area contributed by atoms with E-state index in [2.05, 4.69) is 20.1 Å². The summed E-state index contributed by atoms with van der Waals surface area (Å²) < 4.78 is 7.18. The number of rotatable bonds is 5. The van der Waals surface area contributed by atoms with E-state index >= 15 is 0 Å². The van der Waals surface area contributed by atoms with Gasteiger partial charge in [0.05, 0.1) is 0 Å². The summed E-state index contributed by atoms with van der Waals surface area (Å²) in [5.74, 6) is 2.11. The molecule has 8 heteroatoms. The van der Waals surface area contributed by atoms with Crippen molar-refractivity contribution in [2.24, 2.45) is 7.05 Å². The van der Waals surface area contributed by atoms with Gasteiger partial charge in [0.15, 0.2) is 0 Å². The number of aryl methyl sites for hydroxylation is 2. The molecule has 1 aliphatic carbocycles. The minimum absolute atomic E-state index is 0.204. The third kappa shape index (κ3) is 3.67. The molecule has 3 heterocycles. The van der Waals surface area contributed by atoms with Crippen molar-refractivity contribution < 1.29 is 9.32 Å². The van der Waals surface area contributed by atoms with Crippen LogP contribution in [0.25, 0.3) is 0 Å². The van der Waals surface area contributed by atoms with E-state index < -0.39 is 0 Å². The Hall–Kier alpha value is -2.38. The Morgan fingerprint density at radius 3 is 2.92 bits per heavy atom. The maximum Gasteiger partial charge on any atom is 0.266 e. The number of carbonyl (C=O) groups is 1. The van der Waals surface area contributed by atoms with Gasteiger partial charge in [-0.25, -0.2) is 0 Å². The fourth-order valence-corrected chi connectivity index (χ4v) is 3.26. The highest BCUT2D eigenvalue weighted by Crippen LogP contribution is 2.39. The maximum atomic E-state index is 12.5. The maximum absolute atomic E-state index is 12.5. The van der Waals surface area contributed by atoms with Crippen LogP contribution in [-0.2, 0) is 18.3 Å². The number of hydrogen-bond donors (Lipinski definition) is 0. The molecule has 134 valence electrons. The van der Waals surface area contributed by atoms with E-state index in [-0.39, 0.29) is 5.91 Å². The van der Waals surface area contributed by atoms with Crippen molar-refractivity contribution in [1.29, 1.82) is 0 Å². The van der Waals surface area contributed by atoms with Gasteiger partial charge in [0.2, 0.25) is 11.8 Å². The fourth-order valence-electron chi connectivity index (χ4n) is 3.26. The van der Waals surface area contributed by atoms with Crippen molar-refractivity contribution in [3.8, 4) is 0 Å². The summed E-state index contributed by atoms with van der Waals surface area (Å²) in [6.45, 7) is 3.10. The number of carbonyl (C=O) groups excluding carboxylic acids is 1. The summed E-state index contributed by atoms with van der Waals surface area (Å²) in [6, 6.07) is 1.96. The lowest BCUT2D eigenvalue weighted by Crippen LogP contribution is -2.35. The van der Waals surface area contributed by atoms with Gasteiger partial charge < -0.3 is 14.3 Å². The molecule has 2 aromatic heterocycles. The van der Waals surface area contributed by atoms with Crippen LogP contribution in [0.15, 0.2) is 16.8 Å². The van der Waals surface area contributed by atoms with E-state index in [1.807, 2.05) is 22.7 Å². The minimum atomic E-state index is 0.204. The first-order valence-corrected chi connectivity index (χ1v) is 9.04. The number of nitrogens with zero attached hydrogens (tertiary/aromatic N) is 6. The molecule has 0 unspecified atom stereocenters. The predicted octanol–water partition coefficient (Wildman–Crippen LogP) is 1.35. The molecule has 0 spiro atoms. The van der Waals surface area contributed by atoms with E-state index in [1.165, 1.54) is 0 Å². The summed E-state index contributed by atoms with van der Waals surface area (Å²) in [4.78, 5) is 21.1. The van der Waals surface area contributed by atoms with Gasteiger partial charge in [-0.1, -0.05) is 0 Å². The minimum Gasteiger partial charge on any atom is -0.341 e. The van der Waals surface area contributed by atoms with Crippen LogP contribution in [0.4, 0.5) is 5.95 Å². The van der Waals surface area contributed by atoms with Gasteiger partial charge >= 0.3 is 0 Å². The average Bonchev–Trinajstić information content (AvgIpc) is 3.29. The van der Waals surface area contributed by atoms with Crippen LogP contribution in [0, 0.1) is 0 Å². The van der Waals surface area contributed by atoms with Crippen LogP contribution in [0.2, 0.25) is 0 Å². The molecule has 1 amide bonds.